The van der Waals surface area contributed by atoms with Crippen LogP contribution in [0, 0.1) is 12.3 Å². The summed E-state index contributed by atoms with van der Waals surface area (Å²) in [6.45, 7) is 2.40. The lowest BCUT2D eigenvalue weighted by molar-refractivity contribution is -0.121. The summed E-state index contributed by atoms with van der Waals surface area (Å²) in [4.78, 5) is 18.4. The van der Waals surface area contributed by atoms with Crippen LogP contribution >= 0.6 is 23.4 Å². The SMILES string of the molecule is C#CCOc1c(Cl)cc(/C=C2/SC(=NC)N(C)C2=O)cc1OCC. The number of nitrogens with zero attached hydrogens (tertiary/aromatic N) is 2. The quantitative estimate of drug-likeness (QED) is 0.594. The van der Waals surface area contributed by atoms with E-state index in [4.69, 9.17) is 27.5 Å². The molecule has 1 aliphatic heterocycles. The Morgan fingerprint density at radius 1 is 1.46 bits per heavy atom. The molecule has 0 spiro atoms. The molecule has 0 aliphatic carbocycles. The highest BCUT2D eigenvalue weighted by Gasteiger charge is 2.29. The van der Waals surface area contributed by atoms with Crippen LogP contribution in [-0.4, -0.2) is 43.3 Å². The maximum atomic E-state index is 12.2. The van der Waals surface area contributed by atoms with Crippen LogP contribution in [0.4, 0.5) is 0 Å². The van der Waals surface area contributed by atoms with Crippen LogP contribution in [0.25, 0.3) is 6.08 Å². The molecule has 0 radical (unpaired) electrons. The molecule has 1 amide bonds. The van der Waals surface area contributed by atoms with Gasteiger partial charge < -0.3 is 9.47 Å². The van der Waals surface area contributed by atoms with E-state index in [0.29, 0.717) is 33.2 Å². The van der Waals surface area contributed by atoms with Crippen LogP contribution in [0.1, 0.15) is 12.5 Å². The summed E-state index contributed by atoms with van der Waals surface area (Å²) in [6.07, 6.45) is 6.97. The number of hydrogen-bond donors (Lipinski definition) is 0. The van der Waals surface area contributed by atoms with Crippen molar-refractivity contribution in [3.8, 4) is 23.8 Å². The van der Waals surface area contributed by atoms with Crippen LogP contribution in [-0.2, 0) is 4.79 Å². The highest BCUT2D eigenvalue weighted by molar-refractivity contribution is 8.18. The van der Waals surface area contributed by atoms with Gasteiger partial charge in [-0.1, -0.05) is 17.5 Å². The van der Waals surface area contributed by atoms with Crippen LogP contribution < -0.4 is 9.47 Å². The van der Waals surface area contributed by atoms with Crippen LogP contribution in [0.15, 0.2) is 22.0 Å². The summed E-state index contributed by atoms with van der Waals surface area (Å²) < 4.78 is 11.0. The van der Waals surface area contributed by atoms with Crippen molar-refractivity contribution in [1.82, 2.24) is 4.90 Å². The number of amidine groups is 1. The zero-order valence-electron chi connectivity index (χ0n) is 13.6. The topological polar surface area (TPSA) is 51.1 Å². The van der Waals surface area contributed by atoms with Crippen molar-refractivity contribution in [1.29, 1.82) is 0 Å². The van der Waals surface area contributed by atoms with Gasteiger partial charge in [0.15, 0.2) is 16.7 Å². The Morgan fingerprint density at radius 3 is 2.79 bits per heavy atom. The lowest BCUT2D eigenvalue weighted by Gasteiger charge is -2.13. The predicted molar refractivity (Wildman–Crippen MR) is 98.6 cm³/mol. The van der Waals surface area contributed by atoms with Crippen LogP contribution in [0.3, 0.4) is 0 Å². The van der Waals surface area contributed by atoms with Gasteiger partial charge in [-0.05, 0) is 42.5 Å². The minimum atomic E-state index is -0.109. The Morgan fingerprint density at radius 2 is 2.21 bits per heavy atom. The van der Waals surface area contributed by atoms with E-state index in [0.717, 1.165) is 5.56 Å². The molecule has 5 nitrogen and oxygen atoms in total. The summed E-state index contributed by atoms with van der Waals surface area (Å²) in [5.74, 6) is 3.17. The number of thioether (sulfide) groups is 1. The molecule has 0 unspecified atom stereocenters. The Kier molecular flexibility index (Phi) is 6.18. The first-order valence-electron chi connectivity index (χ1n) is 7.18. The van der Waals surface area contributed by atoms with Gasteiger partial charge in [-0.25, -0.2) is 0 Å². The number of halogens is 1. The third-order valence-corrected chi connectivity index (χ3v) is 4.56. The molecule has 0 bridgehead atoms. The normalized spacial score (nSPS) is 17.5. The number of carbonyl (C=O) groups excluding carboxylic acids is 1. The molecule has 1 aliphatic rings. The summed E-state index contributed by atoms with van der Waals surface area (Å²) in [6, 6.07) is 3.47. The number of likely N-dealkylation sites (N-methyl/N-ethyl adjacent to an activating group) is 1. The molecular weight excluding hydrogens is 348 g/mol. The van der Waals surface area contributed by atoms with E-state index >= 15 is 0 Å². The highest BCUT2D eigenvalue weighted by atomic mass is 35.5. The van der Waals surface area contributed by atoms with Crippen molar-refractivity contribution in [3.05, 3.63) is 27.6 Å². The number of carbonyl (C=O) groups is 1. The highest BCUT2D eigenvalue weighted by Crippen LogP contribution is 2.38. The fourth-order valence-electron chi connectivity index (χ4n) is 2.09. The molecule has 1 aromatic rings. The summed E-state index contributed by atoms with van der Waals surface area (Å²) in [5.41, 5.74) is 0.734. The van der Waals surface area contributed by atoms with Gasteiger partial charge in [-0.2, -0.15) is 0 Å². The summed E-state index contributed by atoms with van der Waals surface area (Å²) in [7, 11) is 3.34. The number of aliphatic imine (C=N–C) groups is 1. The molecule has 0 saturated carbocycles. The largest absolute Gasteiger partial charge is 0.490 e. The van der Waals surface area contributed by atoms with Crippen molar-refractivity contribution in [2.24, 2.45) is 4.99 Å². The molecule has 1 fully saturated rings. The fraction of sp³-hybridized carbons (Fsp3) is 0.294. The average Bonchev–Trinajstić information content (AvgIpc) is 2.82. The number of ether oxygens (including phenoxy) is 2. The van der Waals surface area contributed by atoms with E-state index in [1.807, 2.05) is 6.92 Å². The van der Waals surface area contributed by atoms with E-state index in [2.05, 4.69) is 10.9 Å². The standard InChI is InChI=1S/C17H17ClN2O3S/c1-5-7-23-15-12(18)8-11(9-13(15)22-6-2)10-14-16(21)20(4)17(19-3)24-14/h1,8-10H,6-7H2,2-4H3/b14-10+,19-17?. The molecule has 2 rings (SSSR count). The van der Waals surface area contributed by atoms with Gasteiger partial charge in [-0.3, -0.25) is 14.7 Å². The second-order valence-electron chi connectivity index (χ2n) is 4.74. The van der Waals surface area contributed by atoms with Crippen molar-refractivity contribution in [2.45, 2.75) is 6.92 Å². The zero-order chi connectivity index (χ0) is 17.7. The second-order valence-corrected chi connectivity index (χ2v) is 6.15. The van der Waals surface area contributed by atoms with E-state index in [1.165, 1.54) is 16.7 Å². The van der Waals surface area contributed by atoms with Crippen molar-refractivity contribution in [3.63, 3.8) is 0 Å². The molecule has 0 aromatic heterocycles. The smallest absolute Gasteiger partial charge is 0.266 e. The molecule has 24 heavy (non-hydrogen) atoms. The number of terminal acetylenes is 1. The van der Waals surface area contributed by atoms with Gasteiger partial charge in [0.25, 0.3) is 5.91 Å². The predicted octanol–water partition coefficient (Wildman–Crippen LogP) is 3.28. The van der Waals surface area contributed by atoms with Gasteiger partial charge in [-0.15, -0.1) is 6.42 Å². The van der Waals surface area contributed by atoms with Gasteiger partial charge in [0.2, 0.25) is 0 Å². The van der Waals surface area contributed by atoms with Crippen molar-refractivity contribution >= 4 is 40.5 Å². The van der Waals surface area contributed by atoms with Crippen molar-refractivity contribution < 1.29 is 14.3 Å². The maximum Gasteiger partial charge on any atom is 0.266 e. The summed E-state index contributed by atoms with van der Waals surface area (Å²) >= 11 is 7.59. The number of amides is 1. The average molecular weight is 365 g/mol. The van der Waals surface area contributed by atoms with Gasteiger partial charge in [0.05, 0.1) is 16.5 Å². The van der Waals surface area contributed by atoms with Crippen LogP contribution in [0.5, 0.6) is 11.5 Å². The van der Waals surface area contributed by atoms with Crippen molar-refractivity contribution in [2.75, 3.05) is 27.3 Å². The van der Waals surface area contributed by atoms with E-state index in [-0.39, 0.29) is 12.5 Å². The minimum absolute atomic E-state index is 0.0929. The third kappa shape index (κ3) is 3.86. The van der Waals surface area contributed by atoms with E-state index < -0.39 is 0 Å². The Balaban J connectivity index is 2.40. The monoisotopic (exact) mass is 364 g/mol. The first kappa shape index (κ1) is 18.2. The number of hydrogen-bond acceptors (Lipinski definition) is 5. The molecule has 1 saturated heterocycles. The van der Waals surface area contributed by atoms with E-state index in [9.17, 15) is 4.79 Å². The Bertz CT molecular complexity index is 753. The van der Waals surface area contributed by atoms with Gasteiger partial charge in [0.1, 0.15) is 6.61 Å². The maximum absolute atomic E-state index is 12.2. The molecule has 7 heteroatoms. The fourth-order valence-corrected chi connectivity index (χ4v) is 3.29. The Hall–Kier alpha value is -2.10. The molecule has 1 aromatic carbocycles. The van der Waals surface area contributed by atoms with Gasteiger partial charge in [0, 0.05) is 14.1 Å². The van der Waals surface area contributed by atoms with Gasteiger partial charge >= 0.3 is 0 Å². The van der Waals surface area contributed by atoms with Crippen LogP contribution in [0.2, 0.25) is 5.02 Å². The molecule has 126 valence electrons. The molecule has 0 N–H and O–H groups in total. The first-order chi connectivity index (χ1) is 11.5. The lowest BCUT2D eigenvalue weighted by atomic mass is 10.1. The lowest BCUT2D eigenvalue weighted by Crippen LogP contribution is -2.23. The molecular formula is C17H17ClN2O3S. The Labute approximate surface area is 150 Å². The summed E-state index contributed by atoms with van der Waals surface area (Å²) in [5, 5.41) is 1.02. The molecule has 1 heterocycles. The number of benzene rings is 1. The number of rotatable bonds is 5. The molecule has 0 atom stereocenters. The zero-order valence-corrected chi connectivity index (χ0v) is 15.2. The first-order valence-corrected chi connectivity index (χ1v) is 8.38. The second kappa shape index (κ2) is 8.13. The van der Waals surface area contributed by atoms with E-state index in [1.54, 1.807) is 32.3 Å². The minimum Gasteiger partial charge on any atom is -0.490 e. The third-order valence-electron chi connectivity index (χ3n) is 3.12.